The minimum Gasteiger partial charge on any atom is -0.420 e. The van der Waals surface area contributed by atoms with Gasteiger partial charge >= 0.3 is 6.16 Å². The quantitative estimate of drug-likeness (QED) is 0.660. The second-order valence-corrected chi connectivity index (χ2v) is 3.73. The van der Waals surface area contributed by atoms with Gasteiger partial charge < -0.3 is 9.47 Å². The molecule has 0 atom stereocenters. The van der Waals surface area contributed by atoms with Crippen LogP contribution in [0.25, 0.3) is 6.08 Å². The van der Waals surface area contributed by atoms with E-state index in [-0.39, 0.29) is 0 Å². The third-order valence-corrected chi connectivity index (χ3v) is 2.09. The maximum Gasteiger partial charge on any atom is 0.514 e. The largest absolute Gasteiger partial charge is 0.514 e. The fourth-order valence-electron chi connectivity index (χ4n) is 1.29. The first-order valence-corrected chi connectivity index (χ1v) is 4.62. The molecule has 1 fully saturated rings. The van der Waals surface area contributed by atoms with Gasteiger partial charge in [0.2, 0.25) is 0 Å². The molecular formula is C11H11NO3. The predicted molar refractivity (Wildman–Crippen MR) is 53.9 cm³/mol. The van der Waals surface area contributed by atoms with Crippen molar-refractivity contribution in [1.82, 2.24) is 4.98 Å². The van der Waals surface area contributed by atoms with Gasteiger partial charge in [-0.15, -0.1) is 0 Å². The molecule has 78 valence electrons. The van der Waals surface area contributed by atoms with E-state index in [1.54, 1.807) is 26.1 Å². The molecule has 0 bridgehead atoms. The van der Waals surface area contributed by atoms with Crippen LogP contribution in [0, 0.1) is 0 Å². The minimum absolute atomic E-state index is 0.478. The second-order valence-electron chi connectivity index (χ2n) is 3.73. The van der Waals surface area contributed by atoms with E-state index < -0.39 is 11.8 Å². The summed E-state index contributed by atoms with van der Waals surface area (Å²) in [5.74, 6) is 0.478. The molecule has 15 heavy (non-hydrogen) atoms. The Hall–Kier alpha value is -1.84. The number of carbonyl (C=O) groups is 1. The summed E-state index contributed by atoms with van der Waals surface area (Å²) in [6.45, 7) is 3.54. The number of hydrogen-bond donors (Lipinski definition) is 0. The lowest BCUT2D eigenvalue weighted by Gasteiger charge is -2.13. The number of hydrogen-bond acceptors (Lipinski definition) is 4. The average molecular weight is 205 g/mol. The minimum atomic E-state index is -0.714. The molecule has 0 N–H and O–H groups in total. The Morgan fingerprint density at radius 3 is 2.73 bits per heavy atom. The molecule has 0 saturated carbocycles. The molecule has 0 amide bonds. The van der Waals surface area contributed by atoms with E-state index in [0.29, 0.717) is 5.76 Å². The van der Waals surface area contributed by atoms with E-state index in [2.05, 4.69) is 4.98 Å². The highest BCUT2D eigenvalue weighted by Crippen LogP contribution is 2.30. The van der Waals surface area contributed by atoms with E-state index in [4.69, 9.17) is 9.47 Å². The zero-order chi connectivity index (χ0) is 10.9. The summed E-state index contributed by atoms with van der Waals surface area (Å²) >= 11 is 0. The van der Waals surface area contributed by atoms with Crippen molar-refractivity contribution in [2.75, 3.05) is 0 Å². The maximum absolute atomic E-state index is 11.0. The zero-order valence-corrected chi connectivity index (χ0v) is 8.56. The van der Waals surface area contributed by atoms with Crippen molar-refractivity contribution in [3.8, 4) is 0 Å². The van der Waals surface area contributed by atoms with E-state index in [9.17, 15) is 4.79 Å². The lowest BCUT2D eigenvalue weighted by Crippen LogP contribution is -2.20. The first-order valence-electron chi connectivity index (χ1n) is 4.62. The lowest BCUT2D eigenvalue weighted by molar-refractivity contribution is 0.0873. The van der Waals surface area contributed by atoms with E-state index in [1.807, 2.05) is 18.2 Å². The van der Waals surface area contributed by atoms with E-state index >= 15 is 0 Å². The van der Waals surface area contributed by atoms with Crippen LogP contribution in [0.3, 0.4) is 0 Å². The first kappa shape index (κ1) is 9.71. The Balaban J connectivity index is 2.32. The zero-order valence-electron chi connectivity index (χ0n) is 8.56. The summed E-state index contributed by atoms with van der Waals surface area (Å²) in [4.78, 5) is 15.1. The molecule has 1 aliphatic heterocycles. The molecule has 1 saturated heterocycles. The Morgan fingerprint density at radius 2 is 2.20 bits per heavy atom. The predicted octanol–water partition coefficient (Wildman–Crippen LogP) is 2.37. The molecule has 4 nitrogen and oxygen atoms in total. The molecule has 0 aromatic carbocycles. The third kappa shape index (κ3) is 1.98. The van der Waals surface area contributed by atoms with Crippen LogP contribution in [0.15, 0.2) is 30.2 Å². The van der Waals surface area contributed by atoms with Gasteiger partial charge in [-0.1, -0.05) is 6.07 Å². The maximum atomic E-state index is 11.0. The van der Waals surface area contributed by atoms with Crippen molar-refractivity contribution in [3.05, 3.63) is 35.8 Å². The van der Waals surface area contributed by atoms with Crippen LogP contribution in [0.4, 0.5) is 4.79 Å². The van der Waals surface area contributed by atoms with Gasteiger partial charge in [0.05, 0.1) is 5.69 Å². The van der Waals surface area contributed by atoms with Crippen molar-refractivity contribution in [2.24, 2.45) is 0 Å². The van der Waals surface area contributed by atoms with Gasteiger partial charge in [-0.2, -0.15) is 0 Å². The van der Waals surface area contributed by atoms with Gasteiger partial charge in [-0.25, -0.2) is 4.79 Å². The van der Waals surface area contributed by atoms with Crippen molar-refractivity contribution in [3.63, 3.8) is 0 Å². The number of aromatic nitrogens is 1. The number of pyridine rings is 1. The van der Waals surface area contributed by atoms with Crippen molar-refractivity contribution in [2.45, 2.75) is 19.4 Å². The summed E-state index contributed by atoms with van der Waals surface area (Å²) in [5, 5.41) is 0. The molecule has 2 rings (SSSR count). The fraction of sp³-hybridized carbons (Fsp3) is 0.273. The summed E-state index contributed by atoms with van der Waals surface area (Å²) in [6.07, 6.45) is 2.71. The highest BCUT2D eigenvalue weighted by Gasteiger charge is 2.39. The van der Waals surface area contributed by atoms with Crippen LogP contribution in [0.1, 0.15) is 19.5 Å². The topological polar surface area (TPSA) is 48.4 Å². The smallest absolute Gasteiger partial charge is 0.420 e. The van der Waals surface area contributed by atoms with Crippen LogP contribution >= 0.6 is 0 Å². The molecule has 1 aromatic heterocycles. The molecule has 4 heteroatoms. The highest BCUT2D eigenvalue weighted by molar-refractivity contribution is 5.69. The van der Waals surface area contributed by atoms with Gasteiger partial charge in [-0.3, -0.25) is 4.98 Å². The Kier molecular flexibility index (Phi) is 2.19. The van der Waals surface area contributed by atoms with Crippen LogP contribution < -0.4 is 0 Å². The fourth-order valence-corrected chi connectivity index (χ4v) is 1.29. The van der Waals surface area contributed by atoms with Crippen molar-refractivity contribution in [1.29, 1.82) is 0 Å². The van der Waals surface area contributed by atoms with Crippen molar-refractivity contribution >= 4 is 12.2 Å². The molecule has 0 aliphatic carbocycles. The number of cyclic esters (lactones) is 2. The van der Waals surface area contributed by atoms with Gasteiger partial charge in [0.1, 0.15) is 0 Å². The summed E-state index contributed by atoms with van der Waals surface area (Å²) in [7, 11) is 0. The second kappa shape index (κ2) is 3.38. The van der Waals surface area contributed by atoms with Gasteiger partial charge in [0.15, 0.2) is 11.4 Å². The van der Waals surface area contributed by atoms with Gasteiger partial charge in [0, 0.05) is 12.3 Å². The monoisotopic (exact) mass is 205 g/mol. The molecule has 0 radical (unpaired) electrons. The number of rotatable bonds is 1. The normalized spacial score (nSPS) is 21.2. The molecule has 0 spiro atoms. The van der Waals surface area contributed by atoms with Crippen LogP contribution in [0.5, 0.6) is 0 Å². The van der Waals surface area contributed by atoms with Gasteiger partial charge in [0.25, 0.3) is 0 Å². The van der Waals surface area contributed by atoms with Crippen LogP contribution in [0.2, 0.25) is 0 Å². The Bertz CT molecular complexity index is 409. The van der Waals surface area contributed by atoms with Crippen LogP contribution in [-0.4, -0.2) is 16.7 Å². The average Bonchev–Trinajstić information content (AvgIpc) is 2.41. The van der Waals surface area contributed by atoms with Crippen molar-refractivity contribution < 1.29 is 14.3 Å². The van der Waals surface area contributed by atoms with Gasteiger partial charge in [-0.05, 0) is 26.0 Å². The molecule has 1 aromatic rings. The number of carbonyl (C=O) groups excluding carboxylic acids is 1. The molecule has 2 heterocycles. The lowest BCUT2D eigenvalue weighted by atomic mass is 10.1. The summed E-state index contributed by atoms with van der Waals surface area (Å²) in [5.41, 5.74) is 0.0214. The third-order valence-electron chi connectivity index (χ3n) is 2.09. The molecule has 0 unspecified atom stereocenters. The van der Waals surface area contributed by atoms with E-state index in [1.165, 1.54) is 0 Å². The SMILES string of the molecule is CC1(C)OC(=O)O/C1=C/c1ccccn1. The molecular weight excluding hydrogens is 194 g/mol. The Labute approximate surface area is 87.5 Å². The molecule has 1 aliphatic rings. The van der Waals surface area contributed by atoms with Crippen LogP contribution in [-0.2, 0) is 9.47 Å². The van der Waals surface area contributed by atoms with E-state index in [0.717, 1.165) is 5.69 Å². The highest BCUT2D eigenvalue weighted by atomic mass is 16.8. The summed E-state index contributed by atoms with van der Waals surface area (Å²) in [6, 6.07) is 5.52. The number of ether oxygens (including phenoxy) is 2. The summed E-state index contributed by atoms with van der Waals surface area (Å²) < 4.78 is 9.92. The Morgan fingerprint density at radius 1 is 1.40 bits per heavy atom. The number of nitrogens with zero attached hydrogens (tertiary/aromatic N) is 1. The first-order chi connectivity index (χ1) is 7.08. The standard InChI is InChI=1S/C11H11NO3/c1-11(2)9(14-10(13)15-11)7-8-5-3-4-6-12-8/h3-7H,1-2H3/b9-7+.